The highest BCUT2D eigenvalue weighted by atomic mass is 16.4. The molecule has 0 saturated carbocycles. The Morgan fingerprint density at radius 3 is 2.62 bits per heavy atom. The van der Waals surface area contributed by atoms with Gasteiger partial charge in [-0.2, -0.15) is 0 Å². The van der Waals surface area contributed by atoms with Gasteiger partial charge in [0.1, 0.15) is 11.6 Å². The molecule has 21 heavy (non-hydrogen) atoms. The minimum Gasteiger partial charge on any atom is -0.480 e. The number of fused-ring (bicyclic) bond motifs is 1. The molecular formula is C13H12N4O4. The number of aliphatic carboxylic acids is 1. The number of carboxylic acid groups (broad SMARTS) is 1. The molecular weight excluding hydrogens is 276 g/mol. The normalized spacial score (nSPS) is 11.8. The maximum atomic E-state index is 12.2. The highest BCUT2D eigenvalue weighted by Gasteiger charge is 2.23. The van der Waals surface area contributed by atoms with Crippen LogP contribution in [0.3, 0.4) is 0 Å². The van der Waals surface area contributed by atoms with Crippen LogP contribution in [0.2, 0.25) is 0 Å². The van der Waals surface area contributed by atoms with Crippen LogP contribution in [0.25, 0.3) is 11.0 Å². The first-order valence-electron chi connectivity index (χ1n) is 6.00. The van der Waals surface area contributed by atoms with Crippen LogP contribution in [0.1, 0.15) is 16.8 Å². The van der Waals surface area contributed by atoms with Gasteiger partial charge in [-0.1, -0.05) is 6.07 Å². The Balaban J connectivity index is 2.29. The average Bonchev–Trinajstić information content (AvgIpc) is 2.45. The molecule has 0 spiro atoms. The summed E-state index contributed by atoms with van der Waals surface area (Å²) in [6, 6.07) is 3.39. The molecule has 0 radical (unpaired) electrons. The van der Waals surface area contributed by atoms with Crippen LogP contribution in [0.5, 0.6) is 0 Å². The lowest BCUT2D eigenvalue weighted by Crippen LogP contribution is -2.43. The lowest BCUT2D eigenvalue weighted by molar-refractivity contribution is -0.140. The molecule has 0 saturated heterocycles. The van der Waals surface area contributed by atoms with Crippen molar-refractivity contribution in [2.45, 2.75) is 12.5 Å². The van der Waals surface area contributed by atoms with Crippen molar-refractivity contribution in [2.75, 3.05) is 0 Å². The molecule has 4 N–H and O–H groups in total. The van der Waals surface area contributed by atoms with E-state index < -0.39 is 30.2 Å². The Hall–Kier alpha value is -3.03. The van der Waals surface area contributed by atoms with E-state index in [1.165, 1.54) is 18.5 Å². The first-order valence-corrected chi connectivity index (χ1v) is 6.00. The van der Waals surface area contributed by atoms with Crippen molar-refractivity contribution < 1.29 is 19.5 Å². The van der Waals surface area contributed by atoms with Gasteiger partial charge in [-0.05, 0) is 12.1 Å². The second-order valence-electron chi connectivity index (χ2n) is 4.26. The zero-order valence-corrected chi connectivity index (χ0v) is 10.8. The minimum atomic E-state index is -1.39. The van der Waals surface area contributed by atoms with Crippen LogP contribution in [-0.2, 0) is 9.59 Å². The summed E-state index contributed by atoms with van der Waals surface area (Å²) in [6.07, 6.45) is 2.42. The van der Waals surface area contributed by atoms with Gasteiger partial charge in [-0.3, -0.25) is 19.6 Å². The highest BCUT2D eigenvalue weighted by Crippen LogP contribution is 2.14. The summed E-state index contributed by atoms with van der Waals surface area (Å²) < 4.78 is 0. The quantitative estimate of drug-likeness (QED) is 0.690. The van der Waals surface area contributed by atoms with Crippen LogP contribution >= 0.6 is 0 Å². The Kier molecular flexibility index (Phi) is 4.07. The number of primary amides is 1. The summed E-state index contributed by atoms with van der Waals surface area (Å²) in [5, 5.41) is 11.2. The van der Waals surface area contributed by atoms with Crippen molar-refractivity contribution in [3.05, 3.63) is 36.2 Å². The predicted octanol–water partition coefficient (Wildman–Crippen LogP) is -0.312. The molecule has 0 aliphatic rings. The number of nitrogens with zero attached hydrogens (tertiary/aromatic N) is 2. The van der Waals surface area contributed by atoms with E-state index in [1.54, 1.807) is 12.1 Å². The Bertz CT molecular complexity index is 711. The molecule has 0 fully saturated rings. The zero-order chi connectivity index (χ0) is 15.4. The number of carbonyl (C=O) groups excluding carboxylic acids is 2. The maximum absolute atomic E-state index is 12.2. The van der Waals surface area contributed by atoms with Gasteiger partial charge < -0.3 is 16.2 Å². The van der Waals surface area contributed by atoms with Crippen molar-refractivity contribution in [3.8, 4) is 0 Å². The second-order valence-corrected chi connectivity index (χ2v) is 4.26. The van der Waals surface area contributed by atoms with Gasteiger partial charge in [0, 0.05) is 12.4 Å². The third kappa shape index (κ3) is 3.30. The molecule has 2 amide bonds. The third-order valence-corrected chi connectivity index (χ3v) is 2.75. The van der Waals surface area contributed by atoms with Crippen LogP contribution in [-0.4, -0.2) is 38.9 Å². The van der Waals surface area contributed by atoms with Gasteiger partial charge in [0.2, 0.25) is 5.91 Å². The fourth-order valence-electron chi connectivity index (χ4n) is 1.81. The molecule has 108 valence electrons. The first-order chi connectivity index (χ1) is 9.99. The van der Waals surface area contributed by atoms with Crippen molar-refractivity contribution >= 4 is 28.8 Å². The van der Waals surface area contributed by atoms with Crippen LogP contribution in [0.4, 0.5) is 0 Å². The van der Waals surface area contributed by atoms with Crippen LogP contribution < -0.4 is 11.1 Å². The number of carbonyl (C=O) groups is 3. The average molecular weight is 288 g/mol. The van der Waals surface area contributed by atoms with E-state index in [4.69, 9.17) is 10.8 Å². The van der Waals surface area contributed by atoms with E-state index in [-0.39, 0.29) is 5.56 Å². The van der Waals surface area contributed by atoms with Gasteiger partial charge in [0.05, 0.1) is 17.5 Å². The largest absolute Gasteiger partial charge is 0.480 e. The predicted molar refractivity (Wildman–Crippen MR) is 72.2 cm³/mol. The topological polar surface area (TPSA) is 135 Å². The third-order valence-electron chi connectivity index (χ3n) is 2.75. The number of hydrogen-bond donors (Lipinski definition) is 3. The molecule has 2 aromatic rings. The van der Waals surface area contributed by atoms with E-state index in [9.17, 15) is 14.4 Å². The molecule has 1 aromatic heterocycles. The number of nitrogens with one attached hydrogen (secondary N) is 1. The SMILES string of the molecule is NC(=O)C[C@@H](NC(=O)c1cccc2nccnc12)C(=O)O. The molecule has 1 atom stereocenters. The van der Waals surface area contributed by atoms with E-state index in [2.05, 4.69) is 15.3 Å². The fraction of sp³-hybridized carbons (Fsp3) is 0.154. The minimum absolute atomic E-state index is 0.177. The lowest BCUT2D eigenvalue weighted by Gasteiger charge is -2.13. The molecule has 0 unspecified atom stereocenters. The second kappa shape index (κ2) is 5.95. The van der Waals surface area contributed by atoms with Crippen molar-refractivity contribution in [1.29, 1.82) is 0 Å². The number of nitrogens with two attached hydrogens (primary N) is 1. The zero-order valence-electron chi connectivity index (χ0n) is 10.8. The summed E-state index contributed by atoms with van der Waals surface area (Å²) in [6.45, 7) is 0. The number of aromatic nitrogens is 2. The monoisotopic (exact) mass is 288 g/mol. The van der Waals surface area contributed by atoms with Crippen molar-refractivity contribution in [3.63, 3.8) is 0 Å². The number of rotatable bonds is 5. The smallest absolute Gasteiger partial charge is 0.326 e. The molecule has 0 aliphatic heterocycles. The van der Waals surface area contributed by atoms with E-state index in [0.717, 1.165) is 0 Å². The summed E-state index contributed by atoms with van der Waals surface area (Å²) in [5.41, 5.74) is 5.99. The summed E-state index contributed by atoms with van der Waals surface area (Å²) in [4.78, 5) is 42.1. The van der Waals surface area contributed by atoms with E-state index in [0.29, 0.717) is 11.0 Å². The Labute approximate surface area is 119 Å². The van der Waals surface area contributed by atoms with Crippen molar-refractivity contribution in [2.24, 2.45) is 5.73 Å². The van der Waals surface area contributed by atoms with Gasteiger partial charge in [-0.15, -0.1) is 0 Å². The van der Waals surface area contributed by atoms with Gasteiger partial charge in [0.25, 0.3) is 5.91 Å². The maximum Gasteiger partial charge on any atom is 0.326 e. The Morgan fingerprint density at radius 2 is 1.95 bits per heavy atom. The number of para-hydroxylation sites is 1. The fourth-order valence-corrected chi connectivity index (χ4v) is 1.81. The van der Waals surface area contributed by atoms with E-state index in [1.807, 2.05) is 0 Å². The molecule has 2 rings (SSSR count). The van der Waals surface area contributed by atoms with Gasteiger partial charge >= 0.3 is 5.97 Å². The molecule has 8 heteroatoms. The first kappa shape index (κ1) is 14.4. The summed E-state index contributed by atoms with van der Waals surface area (Å²) in [7, 11) is 0. The molecule has 1 aromatic carbocycles. The number of benzene rings is 1. The standard InChI is InChI=1S/C13H12N4O4/c14-10(18)6-9(13(20)21)17-12(19)7-2-1-3-8-11(7)16-5-4-15-8/h1-5,9H,6H2,(H2,14,18)(H,17,19)(H,20,21)/t9-/m1/s1. The van der Waals surface area contributed by atoms with Gasteiger partial charge in [0.15, 0.2) is 0 Å². The Morgan fingerprint density at radius 1 is 1.24 bits per heavy atom. The molecule has 1 heterocycles. The molecule has 0 bridgehead atoms. The highest BCUT2D eigenvalue weighted by molar-refractivity contribution is 6.06. The number of carboxylic acids is 1. The van der Waals surface area contributed by atoms with E-state index >= 15 is 0 Å². The lowest BCUT2D eigenvalue weighted by atomic mass is 10.1. The van der Waals surface area contributed by atoms with Crippen LogP contribution in [0.15, 0.2) is 30.6 Å². The summed E-state index contributed by atoms with van der Waals surface area (Å²) in [5.74, 6) is -2.82. The molecule has 0 aliphatic carbocycles. The van der Waals surface area contributed by atoms with Crippen molar-refractivity contribution in [1.82, 2.24) is 15.3 Å². The summed E-state index contributed by atoms with van der Waals surface area (Å²) >= 11 is 0. The molecule has 8 nitrogen and oxygen atoms in total. The number of hydrogen-bond acceptors (Lipinski definition) is 5. The van der Waals surface area contributed by atoms with Crippen LogP contribution in [0, 0.1) is 0 Å². The van der Waals surface area contributed by atoms with Gasteiger partial charge in [-0.25, -0.2) is 4.79 Å². The number of amides is 2.